The van der Waals surface area contributed by atoms with Gasteiger partial charge in [-0.2, -0.15) is 0 Å². The van der Waals surface area contributed by atoms with Gasteiger partial charge in [-0.3, -0.25) is 4.31 Å². The summed E-state index contributed by atoms with van der Waals surface area (Å²) in [6, 6.07) is 13.4. The SMILES string of the molecule is Cc1cc(C)cc(N(CCNS(=O)(=O)c2ccccc2)S(C)(=O)=O)c1. The lowest BCUT2D eigenvalue weighted by Gasteiger charge is -2.23. The molecule has 0 aromatic heterocycles. The van der Waals surface area contributed by atoms with Gasteiger partial charge in [0.25, 0.3) is 0 Å². The van der Waals surface area contributed by atoms with Crippen LogP contribution in [0, 0.1) is 13.8 Å². The van der Waals surface area contributed by atoms with Gasteiger partial charge >= 0.3 is 0 Å². The van der Waals surface area contributed by atoms with Gasteiger partial charge in [0, 0.05) is 13.1 Å². The molecule has 1 N–H and O–H groups in total. The molecule has 136 valence electrons. The Morgan fingerprint density at radius 1 is 0.920 bits per heavy atom. The summed E-state index contributed by atoms with van der Waals surface area (Å²) in [7, 11) is -7.21. The number of nitrogens with one attached hydrogen (secondary N) is 1. The molecule has 0 saturated heterocycles. The van der Waals surface area contributed by atoms with Crippen LogP contribution < -0.4 is 9.03 Å². The van der Waals surface area contributed by atoms with Gasteiger partial charge in [0.1, 0.15) is 0 Å². The van der Waals surface area contributed by atoms with Gasteiger partial charge in [0.05, 0.1) is 16.8 Å². The summed E-state index contributed by atoms with van der Waals surface area (Å²) in [6.45, 7) is 3.75. The molecule has 0 amide bonds. The Labute approximate surface area is 149 Å². The van der Waals surface area contributed by atoms with E-state index in [1.54, 1.807) is 30.3 Å². The van der Waals surface area contributed by atoms with Crippen molar-refractivity contribution in [2.24, 2.45) is 0 Å². The summed E-state index contributed by atoms with van der Waals surface area (Å²) < 4.78 is 52.4. The molecule has 25 heavy (non-hydrogen) atoms. The molecule has 2 rings (SSSR count). The first-order valence-corrected chi connectivity index (χ1v) is 11.0. The summed E-state index contributed by atoms with van der Waals surface area (Å²) in [6.07, 6.45) is 1.11. The Morgan fingerprint density at radius 2 is 1.48 bits per heavy atom. The topological polar surface area (TPSA) is 83.6 Å². The molecule has 0 bridgehead atoms. The lowest BCUT2D eigenvalue weighted by atomic mass is 10.1. The zero-order valence-corrected chi connectivity index (χ0v) is 16.1. The van der Waals surface area contributed by atoms with Crippen LogP contribution >= 0.6 is 0 Å². The molecule has 0 aliphatic heterocycles. The van der Waals surface area contributed by atoms with Crippen LogP contribution in [0.2, 0.25) is 0 Å². The van der Waals surface area contributed by atoms with Crippen molar-refractivity contribution in [1.82, 2.24) is 4.72 Å². The Morgan fingerprint density at radius 3 is 2.00 bits per heavy atom. The number of nitrogens with zero attached hydrogens (tertiary/aromatic N) is 1. The summed E-state index contributed by atoms with van der Waals surface area (Å²) in [4.78, 5) is 0.146. The molecule has 0 aliphatic rings. The van der Waals surface area contributed by atoms with E-state index in [2.05, 4.69) is 4.72 Å². The number of hydrogen-bond donors (Lipinski definition) is 1. The lowest BCUT2D eigenvalue weighted by molar-refractivity contribution is 0.578. The molecule has 0 heterocycles. The third-order valence-electron chi connectivity index (χ3n) is 3.56. The first-order chi connectivity index (χ1) is 11.6. The molecule has 0 spiro atoms. The molecule has 2 aromatic rings. The average molecular weight is 383 g/mol. The number of rotatable bonds is 7. The van der Waals surface area contributed by atoms with E-state index in [9.17, 15) is 16.8 Å². The first-order valence-electron chi connectivity index (χ1n) is 7.70. The van der Waals surface area contributed by atoms with Gasteiger partial charge < -0.3 is 0 Å². The second kappa shape index (κ2) is 7.55. The van der Waals surface area contributed by atoms with Crippen molar-refractivity contribution in [2.45, 2.75) is 18.7 Å². The molecular weight excluding hydrogens is 360 g/mol. The normalized spacial score (nSPS) is 12.1. The molecule has 2 aromatic carbocycles. The minimum absolute atomic E-state index is 0.00773. The second-order valence-electron chi connectivity index (χ2n) is 5.89. The van der Waals surface area contributed by atoms with Gasteiger partial charge in [-0.15, -0.1) is 0 Å². The first kappa shape index (κ1) is 19.4. The number of sulfonamides is 2. The molecular formula is C17H22N2O4S2. The van der Waals surface area contributed by atoms with Gasteiger partial charge in [-0.25, -0.2) is 21.6 Å². The largest absolute Gasteiger partial charge is 0.269 e. The quantitative estimate of drug-likeness (QED) is 0.794. The van der Waals surface area contributed by atoms with E-state index < -0.39 is 20.0 Å². The zero-order chi connectivity index (χ0) is 18.7. The standard InChI is InChI=1S/C17H22N2O4S2/c1-14-11-15(2)13-16(12-14)19(24(3,20)21)10-9-18-25(22,23)17-7-5-4-6-8-17/h4-8,11-13,18H,9-10H2,1-3H3. The monoisotopic (exact) mass is 382 g/mol. The van der Waals surface area contributed by atoms with Gasteiger partial charge in [-0.05, 0) is 49.2 Å². The molecule has 0 aliphatic carbocycles. The maximum absolute atomic E-state index is 12.2. The van der Waals surface area contributed by atoms with Crippen molar-refractivity contribution < 1.29 is 16.8 Å². The van der Waals surface area contributed by atoms with Crippen LogP contribution in [-0.4, -0.2) is 36.2 Å². The molecule has 0 saturated carbocycles. The van der Waals surface area contributed by atoms with Crippen LogP contribution in [0.25, 0.3) is 0 Å². The number of hydrogen-bond acceptors (Lipinski definition) is 4. The van der Waals surface area contributed by atoms with Gasteiger partial charge in [0.2, 0.25) is 20.0 Å². The van der Waals surface area contributed by atoms with Crippen LogP contribution in [0.5, 0.6) is 0 Å². The van der Waals surface area contributed by atoms with E-state index in [0.717, 1.165) is 17.4 Å². The van der Waals surface area contributed by atoms with Crippen molar-refractivity contribution in [3.63, 3.8) is 0 Å². The summed E-state index contributed by atoms with van der Waals surface area (Å²) in [5.41, 5.74) is 2.40. The van der Waals surface area contributed by atoms with Crippen LogP contribution in [0.15, 0.2) is 53.4 Å². The Kier molecular flexibility index (Phi) is 5.87. The van der Waals surface area contributed by atoms with E-state index >= 15 is 0 Å². The molecule has 0 radical (unpaired) electrons. The predicted octanol–water partition coefficient (Wildman–Crippen LogP) is 2.05. The summed E-state index contributed by atoms with van der Waals surface area (Å²) in [5.74, 6) is 0. The van der Waals surface area contributed by atoms with Crippen LogP contribution in [0.3, 0.4) is 0 Å². The average Bonchev–Trinajstić information content (AvgIpc) is 2.50. The van der Waals surface area contributed by atoms with Crippen LogP contribution in [0.4, 0.5) is 5.69 Å². The second-order valence-corrected chi connectivity index (χ2v) is 9.57. The number of aryl methyl sites for hydroxylation is 2. The summed E-state index contributed by atoms with van der Waals surface area (Å²) >= 11 is 0. The van der Waals surface area contributed by atoms with Crippen molar-refractivity contribution in [2.75, 3.05) is 23.7 Å². The maximum atomic E-state index is 12.2. The van der Waals surface area contributed by atoms with E-state index in [1.165, 1.54) is 16.4 Å². The highest BCUT2D eigenvalue weighted by Gasteiger charge is 2.19. The predicted molar refractivity (Wildman–Crippen MR) is 99.7 cm³/mol. The zero-order valence-electron chi connectivity index (χ0n) is 14.4. The molecule has 0 atom stereocenters. The van der Waals surface area contributed by atoms with E-state index in [-0.39, 0.29) is 18.0 Å². The fraction of sp³-hybridized carbons (Fsp3) is 0.294. The van der Waals surface area contributed by atoms with Gasteiger partial charge in [0.15, 0.2) is 0 Å². The highest BCUT2D eigenvalue weighted by atomic mass is 32.2. The van der Waals surface area contributed by atoms with Gasteiger partial charge in [-0.1, -0.05) is 24.3 Å². The van der Waals surface area contributed by atoms with E-state index in [0.29, 0.717) is 5.69 Å². The smallest absolute Gasteiger partial charge is 0.240 e. The third kappa shape index (κ3) is 5.29. The highest BCUT2D eigenvalue weighted by Crippen LogP contribution is 2.21. The minimum Gasteiger partial charge on any atom is -0.269 e. The molecule has 0 unspecified atom stereocenters. The fourth-order valence-corrected chi connectivity index (χ4v) is 4.50. The van der Waals surface area contributed by atoms with E-state index in [1.807, 2.05) is 19.9 Å². The lowest BCUT2D eigenvalue weighted by Crippen LogP contribution is -2.38. The Bertz CT molecular complexity index is 920. The minimum atomic E-state index is -3.67. The number of anilines is 1. The van der Waals surface area contributed by atoms with Crippen molar-refractivity contribution in [1.29, 1.82) is 0 Å². The highest BCUT2D eigenvalue weighted by molar-refractivity contribution is 7.92. The van der Waals surface area contributed by atoms with E-state index in [4.69, 9.17) is 0 Å². The molecule has 6 nitrogen and oxygen atoms in total. The van der Waals surface area contributed by atoms with Crippen LogP contribution in [0.1, 0.15) is 11.1 Å². The molecule has 8 heteroatoms. The Balaban J connectivity index is 2.17. The van der Waals surface area contributed by atoms with Crippen LogP contribution in [-0.2, 0) is 20.0 Å². The third-order valence-corrected chi connectivity index (χ3v) is 6.23. The summed E-state index contributed by atoms with van der Waals surface area (Å²) in [5, 5.41) is 0. The van der Waals surface area contributed by atoms with Crippen molar-refractivity contribution in [3.8, 4) is 0 Å². The van der Waals surface area contributed by atoms with Crippen molar-refractivity contribution >= 4 is 25.7 Å². The van der Waals surface area contributed by atoms with Crippen molar-refractivity contribution in [3.05, 3.63) is 59.7 Å². The maximum Gasteiger partial charge on any atom is 0.240 e. The molecule has 0 fully saturated rings. The fourth-order valence-electron chi connectivity index (χ4n) is 2.55. The number of benzene rings is 2. The Hall–Kier alpha value is -1.90.